The third-order valence-corrected chi connectivity index (χ3v) is 9.00. The number of hydrogen-bond acceptors (Lipinski definition) is 0. The van der Waals surface area contributed by atoms with Crippen LogP contribution in [0.25, 0.3) is 55.0 Å². The van der Waals surface area contributed by atoms with Gasteiger partial charge in [-0.1, -0.05) is 152 Å². The molecule has 0 saturated carbocycles. The van der Waals surface area contributed by atoms with Gasteiger partial charge in [0.25, 0.3) is 0 Å². The van der Waals surface area contributed by atoms with Crippen molar-refractivity contribution in [2.24, 2.45) is 0 Å². The van der Waals surface area contributed by atoms with E-state index < -0.39 is 0 Å². The summed E-state index contributed by atoms with van der Waals surface area (Å²) in [5.74, 6) is 0. The van der Waals surface area contributed by atoms with Crippen molar-refractivity contribution in [2.75, 3.05) is 0 Å². The van der Waals surface area contributed by atoms with Gasteiger partial charge in [-0.2, -0.15) is 0 Å². The Morgan fingerprint density at radius 2 is 0.714 bits per heavy atom. The van der Waals surface area contributed by atoms with Crippen LogP contribution in [-0.2, 0) is 0 Å². The van der Waals surface area contributed by atoms with E-state index in [4.69, 9.17) is 0 Å². The van der Waals surface area contributed by atoms with Crippen LogP contribution in [-0.4, -0.2) is 0 Å². The molecule has 0 amide bonds. The van der Waals surface area contributed by atoms with E-state index in [2.05, 4.69) is 158 Å². The molecule has 0 heteroatoms. The molecular weight excluding hydrogens is 504 g/mol. The number of allylic oxidation sites excluding steroid dienone is 2. The molecular formula is C42H26. The van der Waals surface area contributed by atoms with Crippen molar-refractivity contribution in [3.63, 3.8) is 0 Å². The second kappa shape index (κ2) is 9.03. The molecule has 2 aliphatic carbocycles. The van der Waals surface area contributed by atoms with E-state index in [1.165, 1.54) is 88.3 Å². The fourth-order valence-corrected chi connectivity index (χ4v) is 7.12. The fourth-order valence-electron chi connectivity index (χ4n) is 7.12. The first-order chi connectivity index (χ1) is 20.8. The lowest BCUT2D eigenvalue weighted by atomic mass is 9.90. The van der Waals surface area contributed by atoms with Crippen molar-refractivity contribution in [1.82, 2.24) is 0 Å². The average Bonchev–Trinajstić information content (AvgIpc) is 3.57. The molecule has 0 radical (unpaired) electrons. The quantitative estimate of drug-likeness (QED) is 0.213. The van der Waals surface area contributed by atoms with Crippen molar-refractivity contribution in [3.05, 3.63) is 191 Å². The van der Waals surface area contributed by atoms with Gasteiger partial charge < -0.3 is 0 Å². The highest BCUT2D eigenvalue weighted by Gasteiger charge is 2.37. The largest absolute Gasteiger partial charge is 0.0616 e. The minimum atomic E-state index is 1.24. The molecule has 0 aliphatic heterocycles. The van der Waals surface area contributed by atoms with Crippen LogP contribution >= 0.6 is 0 Å². The Bertz CT molecular complexity index is 2270. The minimum absolute atomic E-state index is 1.24. The van der Waals surface area contributed by atoms with Gasteiger partial charge in [-0.15, -0.1) is 0 Å². The zero-order chi connectivity index (χ0) is 27.6. The molecule has 194 valence electrons. The first-order valence-electron chi connectivity index (χ1n) is 14.6. The Balaban J connectivity index is 1.28. The molecule has 0 nitrogen and oxygen atoms in total. The monoisotopic (exact) mass is 530 g/mol. The number of rotatable bonds is 3. The van der Waals surface area contributed by atoms with Gasteiger partial charge in [0.15, 0.2) is 0 Å². The molecule has 7 aromatic carbocycles. The molecule has 0 fully saturated rings. The average molecular weight is 531 g/mol. The lowest BCUT2D eigenvalue weighted by molar-refractivity contribution is 1.53. The van der Waals surface area contributed by atoms with Gasteiger partial charge in [0, 0.05) is 0 Å². The molecule has 7 aromatic rings. The van der Waals surface area contributed by atoms with Gasteiger partial charge in [-0.3, -0.25) is 0 Å². The first-order valence-corrected chi connectivity index (χ1v) is 14.6. The van der Waals surface area contributed by atoms with Gasteiger partial charge in [-0.05, 0) is 94.4 Å². The maximum Gasteiger partial charge on any atom is -0.000741 e. The summed E-state index contributed by atoms with van der Waals surface area (Å²) in [6.07, 6.45) is 0. The van der Waals surface area contributed by atoms with E-state index in [0.29, 0.717) is 0 Å². The van der Waals surface area contributed by atoms with E-state index in [1.807, 2.05) is 0 Å². The van der Waals surface area contributed by atoms with Crippen LogP contribution in [0.2, 0.25) is 0 Å². The Morgan fingerprint density at radius 3 is 1.45 bits per heavy atom. The van der Waals surface area contributed by atoms with Crippen LogP contribution in [0, 0.1) is 0 Å². The molecule has 0 saturated heterocycles. The van der Waals surface area contributed by atoms with E-state index in [1.54, 1.807) is 0 Å². The van der Waals surface area contributed by atoms with Crippen LogP contribution < -0.4 is 0 Å². The highest BCUT2D eigenvalue weighted by Crippen LogP contribution is 2.58. The van der Waals surface area contributed by atoms with Gasteiger partial charge in [-0.25, -0.2) is 0 Å². The maximum atomic E-state index is 2.31. The molecule has 0 heterocycles. The number of fused-ring (bicyclic) bond motifs is 7. The number of benzene rings is 7. The van der Waals surface area contributed by atoms with E-state index in [0.717, 1.165) is 0 Å². The summed E-state index contributed by atoms with van der Waals surface area (Å²) in [4.78, 5) is 0. The number of hydrogen-bond donors (Lipinski definition) is 0. The normalized spacial score (nSPS) is 13.5. The third-order valence-electron chi connectivity index (χ3n) is 9.00. The third kappa shape index (κ3) is 3.36. The second-order valence-corrected chi connectivity index (χ2v) is 11.3. The maximum absolute atomic E-state index is 2.31. The summed E-state index contributed by atoms with van der Waals surface area (Å²) in [6, 6.07) is 57.9. The van der Waals surface area contributed by atoms with Crippen molar-refractivity contribution >= 4 is 43.8 Å². The van der Waals surface area contributed by atoms with Crippen LogP contribution in [0.4, 0.5) is 0 Å². The lowest BCUT2D eigenvalue weighted by Gasteiger charge is -2.13. The van der Waals surface area contributed by atoms with Gasteiger partial charge in [0.05, 0.1) is 0 Å². The molecule has 0 bridgehead atoms. The SMILES string of the molecule is c1ccc2c(c1)C1=C(c3cccc4ccccc34)c3ccccc3C1=C2c1ccc(-c2ccc3ccccc3c2)cc1. The summed E-state index contributed by atoms with van der Waals surface area (Å²) < 4.78 is 0. The standard InChI is InChI=1S/C42H26/c1-2-12-31-26-32(25-22-27(31)10-1)28-20-23-30(24-21-28)39-35-15-5-7-17-37(35)42-40(36-16-6-8-18-38(36)41(39)42)34-19-9-13-29-11-3-4-14-33(29)34/h1-26H. The van der Waals surface area contributed by atoms with E-state index >= 15 is 0 Å². The van der Waals surface area contributed by atoms with Crippen LogP contribution in [0.3, 0.4) is 0 Å². The van der Waals surface area contributed by atoms with E-state index in [9.17, 15) is 0 Å². The molecule has 2 aliphatic rings. The highest BCUT2D eigenvalue weighted by molar-refractivity contribution is 6.36. The fraction of sp³-hybridized carbons (Fsp3) is 0. The van der Waals surface area contributed by atoms with Crippen molar-refractivity contribution in [2.45, 2.75) is 0 Å². The minimum Gasteiger partial charge on any atom is -0.0616 e. The first kappa shape index (κ1) is 23.3. The van der Waals surface area contributed by atoms with Gasteiger partial charge in [0.2, 0.25) is 0 Å². The topological polar surface area (TPSA) is 0 Å². The van der Waals surface area contributed by atoms with Gasteiger partial charge in [0.1, 0.15) is 0 Å². The predicted molar refractivity (Wildman–Crippen MR) is 178 cm³/mol. The lowest BCUT2D eigenvalue weighted by Crippen LogP contribution is -1.93. The second-order valence-electron chi connectivity index (χ2n) is 11.3. The van der Waals surface area contributed by atoms with Crippen LogP contribution in [0.15, 0.2) is 158 Å². The highest BCUT2D eigenvalue weighted by atomic mass is 14.4. The smallest absolute Gasteiger partial charge is 0.000741 e. The summed E-state index contributed by atoms with van der Waals surface area (Å²) >= 11 is 0. The Hall–Kier alpha value is -5.46. The summed E-state index contributed by atoms with van der Waals surface area (Å²) in [5.41, 5.74) is 15.7. The van der Waals surface area contributed by atoms with Gasteiger partial charge >= 0.3 is 0 Å². The summed E-state index contributed by atoms with van der Waals surface area (Å²) in [5, 5.41) is 5.11. The molecule has 0 N–H and O–H groups in total. The zero-order valence-corrected chi connectivity index (χ0v) is 23.0. The zero-order valence-electron chi connectivity index (χ0n) is 23.0. The Labute approximate surface area is 245 Å². The van der Waals surface area contributed by atoms with Crippen LogP contribution in [0.1, 0.15) is 33.4 Å². The predicted octanol–water partition coefficient (Wildman–Crippen LogP) is 10.9. The van der Waals surface area contributed by atoms with E-state index in [-0.39, 0.29) is 0 Å². The molecule has 42 heavy (non-hydrogen) atoms. The molecule has 0 unspecified atom stereocenters. The molecule has 0 aromatic heterocycles. The van der Waals surface area contributed by atoms with Crippen molar-refractivity contribution < 1.29 is 0 Å². The molecule has 0 atom stereocenters. The van der Waals surface area contributed by atoms with Crippen LogP contribution in [0.5, 0.6) is 0 Å². The van der Waals surface area contributed by atoms with Crippen molar-refractivity contribution in [1.29, 1.82) is 0 Å². The Kier molecular flexibility index (Phi) is 5.00. The summed E-state index contributed by atoms with van der Waals surface area (Å²) in [7, 11) is 0. The van der Waals surface area contributed by atoms with Crippen molar-refractivity contribution in [3.8, 4) is 11.1 Å². The Morgan fingerprint density at radius 1 is 0.238 bits per heavy atom. The summed E-state index contributed by atoms with van der Waals surface area (Å²) in [6.45, 7) is 0. The molecule has 9 rings (SSSR count). The molecule has 0 spiro atoms.